The van der Waals surface area contributed by atoms with Gasteiger partial charge in [-0.25, -0.2) is 0 Å². The summed E-state index contributed by atoms with van der Waals surface area (Å²) in [6, 6.07) is 5.56. The maximum absolute atomic E-state index is 10.6. The molecule has 1 aromatic rings. The molecule has 14 heavy (non-hydrogen) atoms. The molecular formula is C10H8BrNO2. The Bertz CT molecular complexity index is 421. The Kier molecular flexibility index (Phi) is 3.26. The molecule has 0 unspecified atom stereocenters. The van der Waals surface area contributed by atoms with Gasteiger partial charge in [0, 0.05) is 4.47 Å². The van der Waals surface area contributed by atoms with E-state index in [0.717, 1.165) is 5.56 Å². The number of carboxylic acids is 1. The molecule has 4 heteroatoms. The summed E-state index contributed by atoms with van der Waals surface area (Å²) in [5.41, 5.74) is 1.79. The number of aryl methyl sites for hydroxylation is 1. The molecule has 3 nitrogen and oxygen atoms in total. The molecular weight excluding hydrogens is 246 g/mol. The Balaban J connectivity index is 3.31. The van der Waals surface area contributed by atoms with Crippen LogP contribution in [0.2, 0.25) is 0 Å². The van der Waals surface area contributed by atoms with Gasteiger partial charge in [0.1, 0.15) is 0 Å². The van der Waals surface area contributed by atoms with Gasteiger partial charge in [0.2, 0.25) is 0 Å². The number of hydrogen-bond donors (Lipinski definition) is 1. The first-order valence-corrected chi connectivity index (χ1v) is 4.75. The minimum absolute atomic E-state index is 0.134. The van der Waals surface area contributed by atoms with E-state index < -0.39 is 5.97 Å². The number of nitriles is 1. The summed E-state index contributed by atoms with van der Waals surface area (Å²) in [6.45, 7) is 1.79. The maximum Gasteiger partial charge on any atom is 0.307 e. The molecule has 0 aliphatic heterocycles. The van der Waals surface area contributed by atoms with E-state index >= 15 is 0 Å². The first-order chi connectivity index (χ1) is 6.56. The van der Waals surface area contributed by atoms with Crippen molar-refractivity contribution in [3.8, 4) is 6.07 Å². The van der Waals surface area contributed by atoms with Crippen LogP contribution in [-0.4, -0.2) is 11.1 Å². The Labute approximate surface area is 90.1 Å². The van der Waals surface area contributed by atoms with E-state index in [0.29, 0.717) is 15.6 Å². The molecule has 1 aromatic carbocycles. The summed E-state index contributed by atoms with van der Waals surface area (Å²) in [4.78, 5) is 10.6. The molecule has 0 heterocycles. The fraction of sp³-hybridized carbons (Fsp3) is 0.200. The van der Waals surface area contributed by atoms with Crippen LogP contribution in [0.3, 0.4) is 0 Å². The summed E-state index contributed by atoms with van der Waals surface area (Å²) in [7, 11) is 0. The van der Waals surface area contributed by atoms with E-state index in [-0.39, 0.29) is 6.42 Å². The zero-order valence-electron chi connectivity index (χ0n) is 7.54. The van der Waals surface area contributed by atoms with Crippen LogP contribution in [0.25, 0.3) is 0 Å². The quantitative estimate of drug-likeness (QED) is 0.880. The van der Waals surface area contributed by atoms with Gasteiger partial charge >= 0.3 is 5.97 Å². The number of halogens is 1. The van der Waals surface area contributed by atoms with Crippen LogP contribution in [0.4, 0.5) is 0 Å². The molecule has 1 rings (SSSR count). The van der Waals surface area contributed by atoms with Crippen molar-refractivity contribution in [1.29, 1.82) is 5.26 Å². The van der Waals surface area contributed by atoms with Gasteiger partial charge in [0.05, 0.1) is 18.1 Å². The number of benzene rings is 1. The van der Waals surface area contributed by atoms with Crippen molar-refractivity contribution in [2.75, 3.05) is 0 Å². The Hall–Kier alpha value is -1.34. The zero-order chi connectivity index (χ0) is 10.7. The molecule has 0 bridgehead atoms. The fourth-order valence-corrected chi connectivity index (χ4v) is 1.69. The highest BCUT2D eigenvalue weighted by atomic mass is 79.9. The lowest BCUT2D eigenvalue weighted by Crippen LogP contribution is -2.04. The number of carbonyl (C=O) groups is 1. The van der Waals surface area contributed by atoms with Crippen LogP contribution in [0.1, 0.15) is 16.7 Å². The first kappa shape index (κ1) is 10.7. The average Bonchev–Trinajstić information content (AvgIpc) is 2.11. The second-order valence-electron chi connectivity index (χ2n) is 2.90. The minimum Gasteiger partial charge on any atom is -0.481 e. The molecule has 0 atom stereocenters. The van der Waals surface area contributed by atoms with Gasteiger partial charge < -0.3 is 5.11 Å². The number of nitrogens with zero attached hydrogens (tertiary/aromatic N) is 1. The second kappa shape index (κ2) is 4.25. The smallest absolute Gasteiger partial charge is 0.307 e. The van der Waals surface area contributed by atoms with E-state index in [1.54, 1.807) is 19.1 Å². The number of aliphatic carboxylic acids is 1. The molecule has 0 aliphatic carbocycles. The van der Waals surface area contributed by atoms with Crippen molar-refractivity contribution in [1.82, 2.24) is 0 Å². The lowest BCUT2D eigenvalue weighted by Gasteiger charge is -2.06. The van der Waals surface area contributed by atoms with E-state index in [9.17, 15) is 4.79 Å². The van der Waals surface area contributed by atoms with E-state index in [4.69, 9.17) is 10.4 Å². The lowest BCUT2D eigenvalue weighted by molar-refractivity contribution is -0.136. The zero-order valence-corrected chi connectivity index (χ0v) is 9.13. The van der Waals surface area contributed by atoms with Crippen LogP contribution in [0.15, 0.2) is 16.6 Å². The van der Waals surface area contributed by atoms with Crippen LogP contribution < -0.4 is 0 Å². The van der Waals surface area contributed by atoms with Gasteiger partial charge in [0.15, 0.2) is 0 Å². The van der Waals surface area contributed by atoms with Gasteiger partial charge in [-0.1, -0.05) is 22.0 Å². The highest BCUT2D eigenvalue weighted by Gasteiger charge is 2.12. The summed E-state index contributed by atoms with van der Waals surface area (Å²) < 4.78 is 0.669. The molecule has 0 saturated carbocycles. The third-order valence-electron chi connectivity index (χ3n) is 1.90. The monoisotopic (exact) mass is 253 g/mol. The summed E-state index contributed by atoms with van der Waals surface area (Å²) in [5, 5.41) is 17.5. The topological polar surface area (TPSA) is 61.1 Å². The average molecular weight is 254 g/mol. The van der Waals surface area contributed by atoms with Crippen molar-refractivity contribution < 1.29 is 9.90 Å². The maximum atomic E-state index is 10.6. The summed E-state index contributed by atoms with van der Waals surface area (Å²) >= 11 is 3.24. The predicted molar refractivity (Wildman–Crippen MR) is 54.9 cm³/mol. The minimum atomic E-state index is -0.937. The molecule has 0 spiro atoms. The van der Waals surface area contributed by atoms with Crippen LogP contribution >= 0.6 is 15.9 Å². The largest absolute Gasteiger partial charge is 0.481 e. The molecule has 0 saturated heterocycles. The number of hydrogen-bond acceptors (Lipinski definition) is 2. The molecule has 1 N–H and O–H groups in total. The molecule has 72 valence electrons. The van der Waals surface area contributed by atoms with Crippen molar-refractivity contribution in [2.24, 2.45) is 0 Å². The van der Waals surface area contributed by atoms with Gasteiger partial charge in [-0.15, -0.1) is 0 Å². The van der Waals surface area contributed by atoms with Crippen molar-refractivity contribution in [2.45, 2.75) is 13.3 Å². The SMILES string of the molecule is Cc1ccc(Br)c(CC(=O)O)c1C#N. The van der Waals surface area contributed by atoms with Gasteiger partial charge in [-0.05, 0) is 24.1 Å². The lowest BCUT2D eigenvalue weighted by atomic mass is 10.0. The van der Waals surface area contributed by atoms with Gasteiger partial charge in [-0.3, -0.25) is 4.79 Å². The molecule has 0 amide bonds. The summed E-state index contributed by atoms with van der Waals surface area (Å²) in [5.74, 6) is -0.937. The van der Waals surface area contributed by atoms with E-state index in [1.165, 1.54) is 0 Å². The predicted octanol–water partition coefficient (Wildman–Crippen LogP) is 2.26. The van der Waals surface area contributed by atoms with Crippen molar-refractivity contribution in [3.05, 3.63) is 33.3 Å². The van der Waals surface area contributed by atoms with E-state index in [1.807, 2.05) is 6.07 Å². The van der Waals surface area contributed by atoms with Crippen molar-refractivity contribution >= 4 is 21.9 Å². The normalized spacial score (nSPS) is 9.50. The standard InChI is InChI=1S/C10H8BrNO2/c1-6-2-3-9(11)7(4-10(13)14)8(6)5-12/h2-3H,4H2,1H3,(H,13,14). The van der Waals surface area contributed by atoms with Crippen LogP contribution in [0.5, 0.6) is 0 Å². The Morgan fingerprint density at radius 2 is 2.29 bits per heavy atom. The van der Waals surface area contributed by atoms with E-state index in [2.05, 4.69) is 15.9 Å². The summed E-state index contributed by atoms with van der Waals surface area (Å²) in [6.07, 6.45) is -0.134. The number of rotatable bonds is 2. The van der Waals surface area contributed by atoms with Crippen molar-refractivity contribution in [3.63, 3.8) is 0 Å². The highest BCUT2D eigenvalue weighted by molar-refractivity contribution is 9.10. The van der Waals surface area contributed by atoms with Crippen LogP contribution in [-0.2, 0) is 11.2 Å². The molecule has 0 aliphatic rings. The molecule has 0 aromatic heterocycles. The van der Waals surface area contributed by atoms with Crippen LogP contribution in [0, 0.1) is 18.3 Å². The Morgan fingerprint density at radius 3 is 2.79 bits per heavy atom. The second-order valence-corrected chi connectivity index (χ2v) is 3.75. The number of carboxylic acid groups (broad SMARTS) is 1. The van der Waals surface area contributed by atoms with Gasteiger partial charge in [0.25, 0.3) is 0 Å². The van der Waals surface area contributed by atoms with Gasteiger partial charge in [-0.2, -0.15) is 5.26 Å². The Morgan fingerprint density at radius 1 is 1.64 bits per heavy atom. The third-order valence-corrected chi connectivity index (χ3v) is 2.65. The molecule has 0 fully saturated rings. The first-order valence-electron chi connectivity index (χ1n) is 3.96. The molecule has 0 radical (unpaired) electrons. The highest BCUT2D eigenvalue weighted by Crippen LogP contribution is 2.23. The third kappa shape index (κ3) is 2.12. The fourth-order valence-electron chi connectivity index (χ4n) is 1.22.